The molecular weight excluding hydrogens is 240 g/mol. The van der Waals surface area contributed by atoms with Crippen LogP contribution >= 0.6 is 0 Å². The summed E-state index contributed by atoms with van der Waals surface area (Å²) in [6.07, 6.45) is 3.04. The van der Waals surface area contributed by atoms with Crippen molar-refractivity contribution >= 4 is 17.0 Å². The molecule has 2 aromatic rings. The van der Waals surface area contributed by atoms with Crippen LogP contribution in [-0.2, 0) is 11.8 Å². The van der Waals surface area contributed by atoms with Crippen LogP contribution in [0, 0.1) is 0 Å². The monoisotopic (exact) mass is 258 g/mol. The molecule has 1 unspecified atom stereocenters. The van der Waals surface area contributed by atoms with Crippen LogP contribution < -0.4 is 0 Å². The molecule has 1 heterocycles. The van der Waals surface area contributed by atoms with Crippen molar-refractivity contribution in [2.24, 2.45) is 7.05 Å². The fourth-order valence-electron chi connectivity index (χ4n) is 2.70. The first-order valence-electron chi connectivity index (χ1n) is 6.81. The number of nitrogens with zero attached hydrogens (tertiary/aromatic N) is 2. The van der Waals surface area contributed by atoms with Crippen LogP contribution in [-0.4, -0.2) is 20.6 Å². The molecule has 1 aromatic heterocycles. The van der Waals surface area contributed by atoms with Gasteiger partial charge in [-0.2, -0.15) is 0 Å². The zero-order valence-corrected chi connectivity index (χ0v) is 11.3. The third-order valence-corrected chi connectivity index (χ3v) is 3.99. The molecule has 0 saturated heterocycles. The number of carboxylic acid groups (broad SMARTS) is 1. The maximum atomic E-state index is 11.3. The average Bonchev–Trinajstić information content (AvgIpc) is 3.16. The Bertz CT molecular complexity index is 641. The van der Waals surface area contributed by atoms with Crippen molar-refractivity contribution in [1.82, 2.24) is 9.55 Å². The van der Waals surface area contributed by atoms with E-state index >= 15 is 0 Å². The molecule has 1 aliphatic carbocycles. The van der Waals surface area contributed by atoms with Crippen LogP contribution in [0.15, 0.2) is 18.2 Å². The number of aromatic nitrogens is 2. The third-order valence-electron chi connectivity index (χ3n) is 3.99. The van der Waals surface area contributed by atoms with Gasteiger partial charge in [0.15, 0.2) is 0 Å². The fourth-order valence-corrected chi connectivity index (χ4v) is 2.70. The summed E-state index contributed by atoms with van der Waals surface area (Å²) in [5.74, 6) is 0.549. The Labute approximate surface area is 112 Å². The van der Waals surface area contributed by atoms with E-state index < -0.39 is 11.9 Å². The number of hydrogen-bond donors (Lipinski definition) is 1. The Morgan fingerprint density at radius 2 is 2.26 bits per heavy atom. The van der Waals surface area contributed by atoms with E-state index in [4.69, 9.17) is 0 Å². The lowest BCUT2D eigenvalue weighted by molar-refractivity contribution is -0.138. The highest BCUT2D eigenvalue weighted by Crippen LogP contribution is 2.40. The number of hydrogen-bond acceptors (Lipinski definition) is 2. The molecule has 0 amide bonds. The number of aliphatic carboxylic acids is 1. The molecule has 1 aliphatic rings. The normalized spacial score (nSPS) is 16.7. The van der Waals surface area contributed by atoms with Crippen molar-refractivity contribution in [3.63, 3.8) is 0 Å². The molecule has 19 heavy (non-hydrogen) atoms. The third kappa shape index (κ3) is 2.01. The number of imidazole rings is 1. The van der Waals surface area contributed by atoms with Crippen molar-refractivity contribution < 1.29 is 9.90 Å². The summed E-state index contributed by atoms with van der Waals surface area (Å²) in [4.78, 5) is 15.9. The van der Waals surface area contributed by atoms with E-state index in [0.29, 0.717) is 12.3 Å². The standard InChI is InChI=1S/C15H18N2O2/c1-3-11(15(18)19)10-6-7-12-13(8-10)17(2)14(16-12)9-4-5-9/h6-9,11H,3-5H2,1-2H3,(H,18,19). The topological polar surface area (TPSA) is 55.1 Å². The minimum atomic E-state index is -0.758. The molecule has 1 atom stereocenters. The molecule has 1 saturated carbocycles. The van der Waals surface area contributed by atoms with E-state index in [-0.39, 0.29) is 0 Å². The van der Waals surface area contributed by atoms with Gasteiger partial charge in [0, 0.05) is 13.0 Å². The second-order valence-electron chi connectivity index (χ2n) is 5.35. The van der Waals surface area contributed by atoms with Gasteiger partial charge < -0.3 is 9.67 Å². The zero-order valence-electron chi connectivity index (χ0n) is 11.3. The zero-order chi connectivity index (χ0) is 13.6. The van der Waals surface area contributed by atoms with Gasteiger partial charge in [0.05, 0.1) is 17.0 Å². The maximum absolute atomic E-state index is 11.3. The highest BCUT2D eigenvalue weighted by atomic mass is 16.4. The van der Waals surface area contributed by atoms with Gasteiger partial charge in [-0.15, -0.1) is 0 Å². The molecule has 100 valence electrons. The van der Waals surface area contributed by atoms with Gasteiger partial charge in [-0.25, -0.2) is 4.98 Å². The van der Waals surface area contributed by atoms with Crippen LogP contribution in [0.4, 0.5) is 0 Å². The summed E-state index contributed by atoms with van der Waals surface area (Å²) >= 11 is 0. The second kappa shape index (κ2) is 4.37. The van der Waals surface area contributed by atoms with Crippen molar-refractivity contribution in [3.8, 4) is 0 Å². The van der Waals surface area contributed by atoms with Crippen LogP contribution in [0.2, 0.25) is 0 Å². The van der Waals surface area contributed by atoms with E-state index in [9.17, 15) is 9.90 Å². The highest BCUT2D eigenvalue weighted by molar-refractivity contribution is 5.81. The fraction of sp³-hybridized carbons (Fsp3) is 0.467. The van der Waals surface area contributed by atoms with Gasteiger partial charge in [0.1, 0.15) is 5.82 Å². The molecule has 0 radical (unpaired) electrons. The number of carbonyl (C=O) groups is 1. The summed E-state index contributed by atoms with van der Waals surface area (Å²) in [7, 11) is 2.02. The average molecular weight is 258 g/mol. The van der Waals surface area contributed by atoms with Crippen LogP contribution in [0.1, 0.15) is 49.4 Å². The quantitative estimate of drug-likeness (QED) is 0.917. The van der Waals surface area contributed by atoms with Crippen LogP contribution in [0.5, 0.6) is 0 Å². The summed E-state index contributed by atoms with van der Waals surface area (Å²) in [5, 5.41) is 9.25. The summed E-state index contributed by atoms with van der Waals surface area (Å²) in [6.45, 7) is 1.90. The number of fused-ring (bicyclic) bond motifs is 1. The maximum Gasteiger partial charge on any atom is 0.310 e. The summed E-state index contributed by atoms with van der Waals surface area (Å²) in [5.41, 5.74) is 2.88. The van der Waals surface area contributed by atoms with Gasteiger partial charge in [-0.05, 0) is 37.0 Å². The summed E-state index contributed by atoms with van der Waals surface area (Å²) < 4.78 is 2.12. The van der Waals surface area contributed by atoms with Crippen LogP contribution in [0.3, 0.4) is 0 Å². The van der Waals surface area contributed by atoms with Crippen molar-refractivity contribution in [2.45, 2.75) is 38.0 Å². The van der Waals surface area contributed by atoms with Gasteiger partial charge in [-0.3, -0.25) is 4.79 Å². The smallest absolute Gasteiger partial charge is 0.310 e. The first-order chi connectivity index (χ1) is 9.11. The Morgan fingerprint density at radius 3 is 2.84 bits per heavy atom. The Morgan fingerprint density at radius 1 is 1.53 bits per heavy atom. The molecular formula is C15H18N2O2. The molecule has 1 aromatic carbocycles. The van der Waals surface area contributed by atoms with Gasteiger partial charge in [0.2, 0.25) is 0 Å². The number of carboxylic acids is 1. The van der Waals surface area contributed by atoms with E-state index in [1.807, 2.05) is 32.2 Å². The predicted molar refractivity (Wildman–Crippen MR) is 73.4 cm³/mol. The molecule has 4 heteroatoms. The van der Waals surface area contributed by atoms with Crippen LogP contribution in [0.25, 0.3) is 11.0 Å². The Kier molecular flexibility index (Phi) is 2.81. The van der Waals surface area contributed by atoms with Crippen molar-refractivity contribution in [3.05, 3.63) is 29.6 Å². The lowest BCUT2D eigenvalue weighted by atomic mass is 9.96. The molecule has 4 nitrogen and oxygen atoms in total. The van der Waals surface area contributed by atoms with E-state index in [1.165, 1.54) is 12.8 Å². The van der Waals surface area contributed by atoms with E-state index in [0.717, 1.165) is 22.4 Å². The van der Waals surface area contributed by atoms with Gasteiger partial charge in [-0.1, -0.05) is 13.0 Å². The minimum absolute atomic E-state index is 0.427. The predicted octanol–water partition coefficient (Wildman–Crippen LogP) is 3.03. The minimum Gasteiger partial charge on any atom is -0.481 e. The largest absolute Gasteiger partial charge is 0.481 e. The first kappa shape index (κ1) is 12.2. The van der Waals surface area contributed by atoms with Gasteiger partial charge >= 0.3 is 5.97 Å². The molecule has 0 aliphatic heterocycles. The van der Waals surface area contributed by atoms with E-state index in [2.05, 4.69) is 9.55 Å². The van der Waals surface area contributed by atoms with Crippen molar-refractivity contribution in [1.29, 1.82) is 0 Å². The van der Waals surface area contributed by atoms with Gasteiger partial charge in [0.25, 0.3) is 0 Å². The molecule has 0 bridgehead atoms. The SMILES string of the molecule is CCC(C(=O)O)c1ccc2nc(C3CC3)n(C)c2c1. The number of rotatable bonds is 4. The first-order valence-corrected chi connectivity index (χ1v) is 6.81. The Balaban J connectivity index is 2.09. The summed E-state index contributed by atoms with van der Waals surface area (Å²) in [6, 6.07) is 5.83. The number of aryl methyl sites for hydroxylation is 1. The Hall–Kier alpha value is -1.84. The second-order valence-corrected chi connectivity index (χ2v) is 5.35. The lowest BCUT2D eigenvalue weighted by Gasteiger charge is -2.10. The molecule has 3 rings (SSSR count). The lowest BCUT2D eigenvalue weighted by Crippen LogP contribution is -2.10. The highest BCUT2D eigenvalue weighted by Gasteiger charge is 2.29. The molecule has 1 fully saturated rings. The molecule has 1 N–H and O–H groups in total. The molecule has 0 spiro atoms. The van der Waals surface area contributed by atoms with Crippen molar-refractivity contribution in [2.75, 3.05) is 0 Å². The number of benzene rings is 1. The van der Waals surface area contributed by atoms with E-state index in [1.54, 1.807) is 0 Å².